The van der Waals surface area contributed by atoms with Crippen molar-refractivity contribution >= 4 is 41.4 Å². The minimum atomic E-state index is -1.47. The number of nitrogens with two attached hydrogens (primary N) is 4. The SMILES string of the molecule is CC(C)CC1NC(=O)C(Cc2ccccc2)NC(=O)C(CCN)NC(=O)C(N)CCNC(=O)C(C(C)O)NC(=O)C(CCN)NC(=O)C(CCN)NC1=O. The Labute approximate surface area is 315 Å². The molecule has 2 rings (SSSR count). The Morgan fingerprint density at radius 2 is 1.04 bits per heavy atom. The van der Waals surface area contributed by atoms with E-state index in [1.807, 2.05) is 13.8 Å². The highest BCUT2D eigenvalue weighted by molar-refractivity contribution is 5.97. The number of hydrogen-bond donors (Lipinski definition) is 12. The minimum absolute atomic E-state index is 0.00796. The summed E-state index contributed by atoms with van der Waals surface area (Å²) in [7, 11) is 0. The quantitative estimate of drug-likeness (QED) is 0.102. The van der Waals surface area contributed by atoms with E-state index in [2.05, 4.69) is 37.2 Å². The number of nitrogens with one attached hydrogen (secondary N) is 7. The lowest BCUT2D eigenvalue weighted by Gasteiger charge is -2.28. The van der Waals surface area contributed by atoms with Crippen LogP contribution in [0.1, 0.15) is 58.4 Å². The molecule has 0 saturated carbocycles. The molecule has 0 aliphatic carbocycles. The molecule has 1 heterocycles. The number of amides is 7. The van der Waals surface area contributed by atoms with Crippen LogP contribution in [-0.4, -0.2) is 121 Å². The van der Waals surface area contributed by atoms with Crippen molar-refractivity contribution in [3.8, 4) is 0 Å². The lowest BCUT2D eigenvalue weighted by atomic mass is 10.00. The van der Waals surface area contributed by atoms with Crippen LogP contribution >= 0.6 is 0 Å². The van der Waals surface area contributed by atoms with E-state index < -0.39 is 89.7 Å². The van der Waals surface area contributed by atoms with E-state index in [-0.39, 0.29) is 70.6 Å². The largest absolute Gasteiger partial charge is 0.391 e. The van der Waals surface area contributed by atoms with Gasteiger partial charge in [-0.25, -0.2) is 0 Å². The molecule has 1 aliphatic rings. The fourth-order valence-electron chi connectivity index (χ4n) is 5.69. The molecule has 302 valence electrons. The summed E-state index contributed by atoms with van der Waals surface area (Å²) in [5.74, 6) is -5.41. The zero-order valence-electron chi connectivity index (χ0n) is 31.3. The highest BCUT2D eigenvalue weighted by Gasteiger charge is 2.34. The van der Waals surface area contributed by atoms with Crippen LogP contribution in [-0.2, 0) is 40.0 Å². The Morgan fingerprint density at radius 1 is 0.611 bits per heavy atom. The van der Waals surface area contributed by atoms with Gasteiger partial charge in [-0.3, -0.25) is 33.6 Å². The Morgan fingerprint density at radius 3 is 1.52 bits per heavy atom. The molecular weight excluding hydrogens is 702 g/mol. The van der Waals surface area contributed by atoms with E-state index in [4.69, 9.17) is 22.9 Å². The number of aliphatic hydroxyl groups is 1. The summed E-state index contributed by atoms with van der Waals surface area (Å²) in [6, 6.07) is 0.0502. The van der Waals surface area contributed by atoms with Crippen LogP contribution < -0.4 is 60.2 Å². The van der Waals surface area contributed by atoms with Gasteiger partial charge in [-0.15, -0.1) is 0 Å². The number of rotatable bonds is 11. The van der Waals surface area contributed by atoms with Crippen molar-refractivity contribution in [3.63, 3.8) is 0 Å². The Hall–Kier alpha value is -4.69. The Kier molecular flexibility index (Phi) is 19.5. The maximum absolute atomic E-state index is 13.9. The van der Waals surface area contributed by atoms with E-state index in [0.717, 1.165) is 0 Å². The van der Waals surface area contributed by atoms with Crippen molar-refractivity contribution < 1.29 is 38.7 Å². The second-order valence-corrected chi connectivity index (χ2v) is 13.8. The van der Waals surface area contributed by atoms with Crippen molar-refractivity contribution in [2.75, 3.05) is 26.2 Å². The molecule has 19 heteroatoms. The predicted octanol–water partition coefficient (Wildman–Crippen LogP) is -4.54. The second-order valence-electron chi connectivity index (χ2n) is 13.8. The summed E-state index contributed by atoms with van der Waals surface area (Å²) in [5, 5.41) is 28.5. The molecule has 7 amide bonds. The fraction of sp³-hybridized carbons (Fsp3) is 0.629. The summed E-state index contributed by atoms with van der Waals surface area (Å²) in [5.41, 5.74) is 24.1. The topological polar surface area (TPSA) is 328 Å². The standard InChI is InChI=1S/C35H59N11O8/c1-19(2)17-26-33(52)43-24(10-14-37)30(49)42-25(11-15-38)32(51)46-28(20(3)47)35(54)40-16-12-22(39)29(48)41-23(9-13-36)31(50)45-27(34(53)44-26)18-21-7-5-4-6-8-21/h4-8,19-20,22-28,47H,9-18,36-39H2,1-3H3,(H,40,54)(H,41,48)(H,42,49)(H,43,52)(H,44,53)(H,45,50)(H,46,51). The predicted molar refractivity (Wildman–Crippen MR) is 199 cm³/mol. The highest BCUT2D eigenvalue weighted by Crippen LogP contribution is 2.10. The van der Waals surface area contributed by atoms with Gasteiger partial charge >= 0.3 is 0 Å². The second kappa shape index (κ2) is 23.2. The molecule has 1 aromatic carbocycles. The number of hydrogen-bond acceptors (Lipinski definition) is 12. The van der Waals surface area contributed by atoms with Gasteiger partial charge in [-0.1, -0.05) is 44.2 Å². The third-order valence-electron chi connectivity index (χ3n) is 8.67. The van der Waals surface area contributed by atoms with Crippen LogP contribution in [0.5, 0.6) is 0 Å². The number of carbonyl (C=O) groups excluding carboxylic acids is 7. The van der Waals surface area contributed by atoms with Crippen LogP contribution in [0.25, 0.3) is 0 Å². The molecule has 1 fully saturated rings. The molecule has 54 heavy (non-hydrogen) atoms. The first kappa shape index (κ1) is 45.5. The van der Waals surface area contributed by atoms with Gasteiger partial charge in [0, 0.05) is 13.0 Å². The summed E-state index contributed by atoms with van der Waals surface area (Å²) in [4.78, 5) is 94.4. The maximum Gasteiger partial charge on any atom is 0.245 e. The molecule has 1 aromatic rings. The third kappa shape index (κ3) is 15.0. The molecule has 8 atom stereocenters. The first-order valence-corrected chi connectivity index (χ1v) is 18.3. The van der Waals surface area contributed by atoms with Gasteiger partial charge < -0.3 is 65.3 Å². The first-order chi connectivity index (χ1) is 25.6. The smallest absolute Gasteiger partial charge is 0.245 e. The van der Waals surface area contributed by atoms with E-state index in [9.17, 15) is 38.7 Å². The molecular formula is C35H59N11O8. The van der Waals surface area contributed by atoms with Gasteiger partial charge in [0.1, 0.15) is 36.3 Å². The molecule has 0 spiro atoms. The zero-order chi connectivity index (χ0) is 40.4. The van der Waals surface area contributed by atoms with Gasteiger partial charge in [0.25, 0.3) is 0 Å². The molecule has 16 N–H and O–H groups in total. The van der Waals surface area contributed by atoms with E-state index in [1.165, 1.54) is 6.92 Å². The van der Waals surface area contributed by atoms with Crippen LogP contribution in [0.15, 0.2) is 30.3 Å². The van der Waals surface area contributed by atoms with Crippen LogP contribution in [0.3, 0.4) is 0 Å². The van der Waals surface area contributed by atoms with Crippen molar-refractivity contribution in [2.24, 2.45) is 28.9 Å². The van der Waals surface area contributed by atoms with E-state index in [0.29, 0.717) is 5.56 Å². The van der Waals surface area contributed by atoms with Gasteiger partial charge in [-0.05, 0) is 70.1 Å². The number of carbonyl (C=O) groups is 7. The molecule has 1 aliphatic heterocycles. The molecule has 0 bridgehead atoms. The summed E-state index contributed by atoms with van der Waals surface area (Å²) in [6.07, 6.45) is -1.43. The minimum Gasteiger partial charge on any atom is -0.391 e. The fourth-order valence-corrected chi connectivity index (χ4v) is 5.69. The van der Waals surface area contributed by atoms with Gasteiger partial charge in [0.05, 0.1) is 12.1 Å². The monoisotopic (exact) mass is 761 g/mol. The molecule has 0 aromatic heterocycles. The summed E-state index contributed by atoms with van der Waals surface area (Å²) >= 11 is 0. The molecule has 1 saturated heterocycles. The molecule has 19 nitrogen and oxygen atoms in total. The van der Waals surface area contributed by atoms with Gasteiger partial charge in [0.15, 0.2) is 0 Å². The number of benzene rings is 1. The third-order valence-corrected chi connectivity index (χ3v) is 8.67. The summed E-state index contributed by atoms with van der Waals surface area (Å²) in [6.45, 7) is 4.70. The molecule has 0 radical (unpaired) electrons. The lowest BCUT2D eigenvalue weighted by molar-refractivity contribution is -0.136. The van der Waals surface area contributed by atoms with E-state index >= 15 is 0 Å². The van der Waals surface area contributed by atoms with Crippen molar-refractivity contribution in [1.29, 1.82) is 0 Å². The first-order valence-electron chi connectivity index (χ1n) is 18.3. The molecule has 8 unspecified atom stereocenters. The Bertz CT molecular complexity index is 1410. The summed E-state index contributed by atoms with van der Waals surface area (Å²) < 4.78 is 0. The van der Waals surface area contributed by atoms with Crippen molar-refractivity contribution in [1.82, 2.24) is 37.2 Å². The normalized spacial score (nSPS) is 26.7. The number of aliphatic hydroxyl groups excluding tert-OH is 1. The lowest BCUT2D eigenvalue weighted by Crippen LogP contribution is -2.61. The van der Waals surface area contributed by atoms with E-state index in [1.54, 1.807) is 30.3 Å². The average molecular weight is 762 g/mol. The highest BCUT2D eigenvalue weighted by atomic mass is 16.3. The van der Waals surface area contributed by atoms with Crippen LogP contribution in [0.2, 0.25) is 0 Å². The average Bonchev–Trinajstić information content (AvgIpc) is 3.11. The van der Waals surface area contributed by atoms with Gasteiger partial charge in [0.2, 0.25) is 41.4 Å². The van der Waals surface area contributed by atoms with Gasteiger partial charge in [-0.2, -0.15) is 0 Å². The van der Waals surface area contributed by atoms with Crippen LogP contribution in [0, 0.1) is 5.92 Å². The van der Waals surface area contributed by atoms with Crippen molar-refractivity contribution in [3.05, 3.63) is 35.9 Å². The maximum atomic E-state index is 13.9. The zero-order valence-corrected chi connectivity index (χ0v) is 31.3. The Balaban J connectivity index is 2.57. The van der Waals surface area contributed by atoms with Crippen molar-refractivity contribution in [2.45, 2.75) is 108 Å². The van der Waals surface area contributed by atoms with Crippen LogP contribution in [0.4, 0.5) is 0 Å².